The van der Waals surface area contributed by atoms with Crippen LogP contribution in [0.1, 0.15) is 33.6 Å². The first-order chi connectivity index (χ1) is 12.6. The van der Waals surface area contributed by atoms with Gasteiger partial charge in [0.2, 0.25) is 5.91 Å². The predicted octanol–water partition coefficient (Wildman–Crippen LogP) is 3.90. The van der Waals surface area contributed by atoms with Gasteiger partial charge in [-0.1, -0.05) is 19.9 Å². The second kappa shape index (κ2) is 9.92. The summed E-state index contributed by atoms with van der Waals surface area (Å²) < 4.78 is 1.94. The van der Waals surface area contributed by atoms with Crippen LogP contribution in [0.25, 0.3) is 5.69 Å². The van der Waals surface area contributed by atoms with E-state index >= 15 is 0 Å². The highest BCUT2D eigenvalue weighted by Gasteiger charge is 2.25. The number of benzene rings is 1. The predicted molar refractivity (Wildman–Crippen MR) is 108 cm³/mol. The molecule has 0 radical (unpaired) electrons. The second-order valence-electron chi connectivity index (χ2n) is 6.44. The zero-order chi connectivity index (χ0) is 18.9. The van der Waals surface area contributed by atoms with Gasteiger partial charge in [-0.25, -0.2) is 4.98 Å². The zero-order valence-corrected chi connectivity index (χ0v) is 16.1. The average Bonchev–Trinajstić information content (AvgIpc) is 3.20. The maximum Gasteiger partial charge on any atom is 0.244 e. The topological polar surface area (TPSA) is 41.4 Å². The number of amides is 1. The lowest BCUT2D eigenvalue weighted by Gasteiger charge is -2.32. The van der Waals surface area contributed by atoms with Gasteiger partial charge in [0.1, 0.15) is 0 Å². The molecule has 0 saturated heterocycles. The Morgan fingerprint density at radius 1 is 1.23 bits per heavy atom. The number of hydrogen-bond acceptors (Lipinski definition) is 3. The molecule has 0 saturated carbocycles. The maximum atomic E-state index is 13.2. The minimum Gasteiger partial charge on any atom is -0.307 e. The van der Waals surface area contributed by atoms with Crippen LogP contribution in [0.4, 0.5) is 5.69 Å². The minimum atomic E-state index is -0.150. The highest BCUT2D eigenvalue weighted by atomic mass is 16.2. The van der Waals surface area contributed by atoms with E-state index in [9.17, 15) is 4.79 Å². The molecule has 0 fully saturated rings. The summed E-state index contributed by atoms with van der Waals surface area (Å²) in [6.07, 6.45) is 9.27. The van der Waals surface area contributed by atoms with Crippen molar-refractivity contribution in [2.45, 2.75) is 39.7 Å². The Morgan fingerprint density at radius 3 is 2.38 bits per heavy atom. The lowest BCUT2D eigenvalue weighted by molar-refractivity contribution is -0.123. The van der Waals surface area contributed by atoms with Gasteiger partial charge in [0.25, 0.3) is 0 Å². The third-order valence-corrected chi connectivity index (χ3v) is 4.47. The van der Waals surface area contributed by atoms with Gasteiger partial charge in [-0.2, -0.15) is 0 Å². The van der Waals surface area contributed by atoms with Crippen LogP contribution in [-0.2, 0) is 4.79 Å². The molecule has 1 atom stereocenters. The van der Waals surface area contributed by atoms with Gasteiger partial charge < -0.3 is 9.47 Å². The summed E-state index contributed by atoms with van der Waals surface area (Å²) in [6, 6.07) is 7.81. The van der Waals surface area contributed by atoms with Crippen molar-refractivity contribution in [3.63, 3.8) is 0 Å². The molecule has 2 rings (SSSR count). The highest BCUT2D eigenvalue weighted by Crippen LogP contribution is 2.20. The summed E-state index contributed by atoms with van der Waals surface area (Å²) >= 11 is 0. The van der Waals surface area contributed by atoms with Crippen molar-refractivity contribution >= 4 is 11.6 Å². The Morgan fingerprint density at radius 2 is 1.88 bits per heavy atom. The van der Waals surface area contributed by atoms with E-state index in [1.807, 2.05) is 46.9 Å². The molecule has 1 heterocycles. The van der Waals surface area contributed by atoms with E-state index < -0.39 is 0 Å². The van der Waals surface area contributed by atoms with Gasteiger partial charge in [-0.3, -0.25) is 9.69 Å². The van der Waals surface area contributed by atoms with Crippen LogP contribution in [0.5, 0.6) is 0 Å². The quantitative estimate of drug-likeness (QED) is 0.608. The zero-order valence-electron chi connectivity index (χ0n) is 16.1. The summed E-state index contributed by atoms with van der Waals surface area (Å²) in [5.74, 6) is 0.113. The standard InChI is InChI=1S/C21H30N4O/c1-5-13-23(14-6-2)18(4)21(26)25(15-7-3)20-10-8-19(9-11-20)24-16-12-22-17-24/h7-12,16-18H,3,5-6,13-15H2,1-2,4H3. The molecular weight excluding hydrogens is 324 g/mol. The van der Waals surface area contributed by atoms with Crippen molar-refractivity contribution in [2.24, 2.45) is 0 Å². The highest BCUT2D eigenvalue weighted by molar-refractivity contribution is 5.97. The Bertz CT molecular complexity index is 673. The van der Waals surface area contributed by atoms with Crippen molar-refractivity contribution < 1.29 is 4.79 Å². The molecule has 26 heavy (non-hydrogen) atoms. The van der Waals surface area contributed by atoms with E-state index in [4.69, 9.17) is 0 Å². The van der Waals surface area contributed by atoms with Crippen LogP contribution in [0.2, 0.25) is 0 Å². The number of rotatable bonds is 10. The van der Waals surface area contributed by atoms with Gasteiger partial charge in [0.05, 0.1) is 12.4 Å². The van der Waals surface area contributed by atoms with Crippen LogP contribution in [0.3, 0.4) is 0 Å². The Balaban J connectivity index is 2.21. The number of aromatic nitrogens is 2. The van der Waals surface area contributed by atoms with Crippen LogP contribution in [-0.4, -0.2) is 46.0 Å². The second-order valence-corrected chi connectivity index (χ2v) is 6.44. The van der Waals surface area contributed by atoms with E-state index in [2.05, 4.69) is 30.3 Å². The fraction of sp³-hybridized carbons (Fsp3) is 0.429. The summed E-state index contributed by atoms with van der Waals surface area (Å²) in [5.41, 5.74) is 1.91. The average molecular weight is 354 g/mol. The molecule has 1 aromatic carbocycles. The van der Waals surface area contributed by atoms with Gasteiger partial charge in [0, 0.05) is 30.3 Å². The summed E-state index contributed by atoms with van der Waals surface area (Å²) in [6.45, 7) is 12.5. The van der Waals surface area contributed by atoms with E-state index in [0.29, 0.717) is 6.54 Å². The van der Waals surface area contributed by atoms with Crippen molar-refractivity contribution in [2.75, 3.05) is 24.5 Å². The Hall–Kier alpha value is -2.40. The van der Waals surface area contributed by atoms with Crippen LogP contribution >= 0.6 is 0 Å². The molecular formula is C21H30N4O. The molecule has 5 nitrogen and oxygen atoms in total. The summed E-state index contributed by atoms with van der Waals surface area (Å²) in [4.78, 5) is 21.3. The molecule has 140 valence electrons. The van der Waals surface area contributed by atoms with Crippen molar-refractivity contribution in [1.82, 2.24) is 14.5 Å². The van der Waals surface area contributed by atoms with Crippen molar-refractivity contribution in [1.29, 1.82) is 0 Å². The molecule has 1 amide bonds. The molecule has 0 aliphatic rings. The molecule has 0 N–H and O–H groups in total. The third kappa shape index (κ3) is 4.82. The molecule has 2 aromatic rings. The largest absolute Gasteiger partial charge is 0.307 e. The monoisotopic (exact) mass is 354 g/mol. The smallest absolute Gasteiger partial charge is 0.244 e. The number of imidazole rings is 1. The van der Waals surface area contributed by atoms with E-state index in [1.54, 1.807) is 18.6 Å². The molecule has 0 bridgehead atoms. The summed E-state index contributed by atoms with van der Waals surface area (Å²) in [7, 11) is 0. The number of anilines is 1. The third-order valence-electron chi connectivity index (χ3n) is 4.47. The minimum absolute atomic E-state index is 0.113. The van der Waals surface area contributed by atoms with E-state index in [0.717, 1.165) is 37.3 Å². The van der Waals surface area contributed by atoms with Crippen molar-refractivity contribution in [3.8, 4) is 5.69 Å². The lowest BCUT2D eigenvalue weighted by Crippen LogP contribution is -2.48. The molecule has 1 aromatic heterocycles. The first-order valence-corrected chi connectivity index (χ1v) is 9.37. The normalized spacial score (nSPS) is 12.2. The fourth-order valence-electron chi connectivity index (χ4n) is 3.12. The first-order valence-electron chi connectivity index (χ1n) is 9.37. The van der Waals surface area contributed by atoms with E-state index in [1.165, 1.54) is 0 Å². The van der Waals surface area contributed by atoms with Gasteiger partial charge in [-0.15, -0.1) is 6.58 Å². The van der Waals surface area contributed by atoms with Crippen LogP contribution in [0.15, 0.2) is 55.6 Å². The number of carbonyl (C=O) groups excluding carboxylic acids is 1. The van der Waals surface area contributed by atoms with Crippen LogP contribution in [0, 0.1) is 0 Å². The number of nitrogens with zero attached hydrogens (tertiary/aromatic N) is 4. The molecule has 5 heteroatoms. The summed E-state index contributed by atoms with van der Waals surface area (Å²) in [5, 5.41) is 0. The van der Waals surface area contributed by atoms with Gasteiger partial charge in [0.15, 0.2) is 0 Å². The van der Waals surface area contributed by atoms with Gasteiger partial charge >= 0.3 is 0 Å². The van der Waals surface area contributed by atoms with Gasteiger partial charge in [-0.05, 0) is 57.1 Å². The fourth-order valence-corrected chi connectivity index (χ4v) is 3.12. The molecule has 0 aliphatic heterocycles. The lowest BCUT2D eigenvalue weighted by atomic mass is 10.1. The number of carbonyl (C=O) groups is 1. The maximum absolute atomic E-state index is 13.2. The Labute approximate surface area is 156 Å². The van der Waals surface area contributed by atoms with Crippen LogP contribution < -0.4 is 4.90 Å². The Kier molecular flexibility index (Phi) is 7.60. The molecule has 0 aliphatic carbocycles. The molecule has 1 unspecified atom stereocenters. The number of hydrogen-bond donors (Lipinski definition) is 0. The molecule has 0 spiro atoms. The SMILES string of the molecule is C=CCN(C(=O)C(C)N(CCC)CCC)c1ccc(-n2ccnc2)cc1. The first kappa shape index (κ1) is 19.9. The van der Waals surface area contributed by atoms with Crippen molar-refractivity contribution in [3.05, 3.63) is 55.6 Å². The van der Waals surface area contributed by atoms with E-state index in [-0.39, 0.29) is 11.9 Å².